The number of methoxy groups -OCH3 is 3. The van der Waals surface area contributed by atoms with Gasteiger partial charge in [-0.1, -0.05) is 6.07 Å². The number of hydrogen-bond acceptors (Lipinski definition) is 7. The molecule has 1 fully saturated rings. The molecular formula is C26H32N2O6. The molecular weight excluding hydrogens is 436 g/mol. The van der Waals surface area contributed by atoms with Gasteiger partial charge in [0.25, 0.3) is 11.7 Å². The van der Waals surface area contributed by atoms with Crippen molar-refractivity contribution < 1.29 is 28.9 Å². The summed E-state index contributed by atoms with van der Waals surface area (Å²) in [5, 5.41) is 11.3. The molecule has 182 valence electrons. The van der Waals surface area contributed by atoms with E-state index in [-0.39, 0.29) is 11.3 Å². The molecule has 8 heteroatoms. The zero-order valence-electron chi connectivity index (χ0n) is 20.5. The first-order valence-electron chi connectivity index (χ1n) is 11.0. The number of aryl methyl sites for hydroxylation is 1. The van der Waals surface area contributed by atoms with E-state index in [1.54, 1.807) is 43.5 Å². The fraction of sp³-hybridized carbons (Fsp3) is 0.385. The lowest BCUT2D eigenvalue weighted by molar-refractivity contribution is -0.139. The highest BCUT2D eigenvalue weighted by Gasteiger charge is 2.46. The molecule has 0 radical (unpaired) electrons. The minimum atomic E-state index is -0.760. The molecule has 1 saturated heterocycles. The molecule has 1 heterocycles. The minimum absolute atomic E-state index is 0.0478. The first-order valence-corrected chi connectivity index (χ1v) is 11.0. The van der Waals surface area contributed by atoms with Crippen molar-refractivity contribution in [2.24, 2.45) is 0 Å². The third-order valence-electron chi connectivity index (χ3n) is 5.94. The van der Waals surface area contributed by atoms with Crippen LogP contribution in [0, 0.1) is 6.92 Å². The van der Waals surface area contributed by atoms with Crippen molar-refractivity contribution in [3.63, 3.8) is 0 Å². The molecule has 1 atom stereocenters. The molecule has 8 nitrogen and oxygen atoms in total. The van der Waals surface area contributed by atoms with Crippen molar-refractivity contribution in [1.29, 1.82) is 0 Å². The molecule has 0 spiro atoms. The lowest BCUT2D eigenvalue weighted by atomic mass is 9.94. The van der Waals surface area contributed by atoms with Gasteiger partial charge in [-0.25, -0.2) is 0 Å². The van der Waals surface area contributed by atoms with E-state index in [2.05, 4.69) is 0 Å². The van der Waals surface area contributed by atoms with Gasteiger partial charge in [0.2, 0.25) is 0 Å². The van der Waals surface area contributed by atoms with E-state index in [4.69, 9.17) is 14.2 Å². The second kappa shape index (κ2) is 10.6. The summed E-state index contributed by atoms with van der Waals surface area (Å²) >= 11 is 0. The van der Waals surface area contributed by atoms with Gasteiger partial charge in [-0.15, -0.1) is 0 Å². The predicted molar refractivity (Wildman–Crippen MR) is 129 cm³/mol. The third kappa shape index (κ3) is 4.87. The third-order valence-corrected chi connectivity index (χ3v) is 5.94. The molecule has 3 rings (SSSR count). The second-order valence-electron chi connectivity index (χ2n) is 8.45. The van der Waals surface area contributed by atoms with Crippen LogP contribution in [0.15, 0.2) is 42.0 Å². The van der Waals surface area contributed by atoms with E-state index >= 15 is 0 Å². The van der Waals surface area contributed by atoms with Crippen LogP contribution >= 0.6 is 0 Å². The van der Waals surface area contributed by atoms with E-state index in [1.165, 1.54) is 19.1 Å². The van der Waals surface area contributed by atoms with Gasteiger partial charge in [-0.3, -0.25) is 9.59 Å². The Bertz CT molecular complexity index is 1110. The molecule has 1 amide bonds. The maximum Gasteiger partial charge on any atom is 0.295 e. The monoisotopic (exact) mass is 468 g/mol. The average molecular weight is 469 g/mol. The van der Waals surface area contributed by atoms with Gasteiger partial charge in [0.05, 0.1) is 32.9 Å². The molecule has 0 saturated carbocycles. The highest BCUT2D eigenvalue weighted by atomic mass is 16.5. The Morgan fingerprint density at radius 2 is 1.62 bits per heavy atom. The number of Topliss-reactive ketones (excluding diaryl/α,β-unsaturated/α-hetero) is 1. The number of aliphatic hydroxyl groups excluding tert-OH is 1. The quantitative estimate of drug-likeness (QED) is 0.343. The van der Waals surface area contributed by atoms with Crippen LogP contribution in [0.4, 0.5) is 0 Å². The van der Waals surface area contributed by atoms with Crippen LogP contribution in [0.5, 0.6) is 17.2 Å². The first-order chi connectivity index (χ1) is 16.2. The molecule has 1 N–H and O–H groups in total. The van der Waals surface area contributed by atoms with Crippen molar-refractivity contribution in [2.45, 2.75) is 19.4 Å². The Labute approximate surface area is 200 Å². The van der Waals surface area contributed by atoms with Crippen molar-refractivity contribution in [3.8, 4) is 17.2 Å². The van der Waals surface area contributed by atoms with Gasteiger partial charge in [0.1, 0.15) is 11.5 Å². The van der Waals surface area contributed by atoms with E-state index in [0.717, 1.165) is 12.1 Å². The van der Waals surface area contributed by atoms with E-state index in [1.807, 2.05) is 25.9 Å². The molecule has 0 aliphatic carbocycles. The SMILES string of the molecule is COc1ccc(/C(O)=C2\C(=O)C(=O)N(CCCN(C)C)C2c2ccc(OC)c(OC)c2)cc1C. The maximum atomic E-state index is 13.2. The van der Waals surface area contributed by atoms with E-state index < -0.39 is 17.7 Å². The van der Waals surface area contributed by atoms with Gasteiger partial charge < -0.3 is 29.1 Å². The molecule has 2 aromatic rings. The Morgan fingerprint density at radius 3 is 2.21 bits per heavy atom. The second-order valence-corrected chi connectivity index (χ2v) is 8.45. The summed E-state index contributed by atoms with van der Waals surface area (Å²) in [6.07, 6.45) is 0.672. The Hall–Kier alpha value is -3.52. The zero-order chi connectivity index (χ0) is 25.0. The summed E-state index contributed by atoms with van der Waals surface area (Å²) in [6.45, 7) is 2.96. The number of ketones is 1. The molecule has 0 bridgehead atoms. The maximum absolute atomic E-state index is 13.2. The van der Waals surface area contributed by atoms with Crippen molar-refractivity contribution >= 4 is 17.4 Å². The number of hydrogen-bond donors (Lipinski definition) is 1. The Kier molecular flexibility index (Phi) is 7.83. The lowest BCUT2D eigenvalue weighted by Crippen LogP contribution is -2.32. The first kappa shape index (κ1) is 25.1. The van der Waals surface area contributed by atoms with Crippen LogP contribution < -0.4 is 14.2 Å². The summed E-state index contributed by atoms with van der Waals surface area (Å²) in [4.78, 5) is 29.8. The van der Waals surface area contributed by atoms with Crippen molar-refractivity contribution in [1.82, 2.24) is 9.80 Å². The number of amides is 1. The number of nitrogens with zero attached hydrogens (tertiary/aromatic N) is 2. The number of carbonyl (C=O) groups is 2. The van der Waals surface area contributed by atoms with Crippen LogP contribution in [0.3, 0.4) is 0 Å². The van der Waals surface area contributed by atoms with E-state index in [0.29, 0.717) is 41.3 Å². The normalized spacial score (nSPS) is 17.4. The number of rotatable bonds is 9. The van der Waals surface area contributed by atoms with Gasteiger partial charge in [-0.05, 0) is 75.4 Å². The van der Waals surface area contributed by atoms with Crippen LogP contribution in [-0.4, -0.2) is 75.1 Å². The molecule has 2 aromatic carbocycles. The number of ether oxygens (including phenoxy) is 3. The number of benzene rings is 2. The summed E-state index contributed by atoms with van der Waals surface area (Å²) < 4.78 is 16.1. The molecule has 34 heavy (non-hydrogen) atoms. The van der Waals surface area contributed by atoms with E-state index in [9.17, 15) is 14.7 Å². The molecule has 1 aliphatic heterocycles. The summed E-state index contributed by atoms with van der Waals surface area (Å²) in [7, 11) is 8.53. The zero-order valence-corrected chi connectivity index (χ0v) is 20.5. The van der Waals surface area contributed by atoms with Crippen molar-refractivity contribution in [3.05, 3.63) is 58.7 Å². The minimum Gasteiger partial charge on any atom is -0.507 e. The predicted octanol–water partition coefficient (Wildman–Crippen LogP) is 3.39. The summed E-state index contributed by atoms with van der Waals surface area (Å²) in [5.41, 5.74) is 1.93. The van der Waals surface area contributed by atoms with Gasteiger partial charge in [0.15, 0.2) is 11.5 Å². The van der Waals surface area contributed by atoms with Gasteiger partial charge >= 0.3 is 0 Å². The largest absolute Gasteiger partial charge is 0.507 e. The number of carbonyl (C=O) groups excluding carboxylic acids is 2. The summed E-state index contributed by atoms with van der Waals surface area (Å²) in [6, 6.07) is 9.62. The fourth-order valence-electron chi connectivity index (χ4n) is 4.22. The molecule has 1 unspecified atom stereocenters. The standard InChI is InChI=1S/C26H32N2O6/c1-16-14-18(9-10-19(16)32-4)24(29)22-23(17-8-11-20(33-5)21(15-17)34-6)28(26(31)25(22)30)13-7-12-27(2)3/h8-11,14-15,23,29H,7,12-13H2,1-6H3/b24-22+. The average Bonchev–Trinajstić information content (AvgIpc) is 3.07. The lowest BCUT2D eigenvalue weighted by Gasteiger charge is -2.26. The topological polar surface area (TPSA) is 88.5 Å². The Morgan fingerprint density at radius 1 is 0.971 bits per heavy atom. The highest BCUT2D eigenvalue weighted by molar-refractivity contribution is 6.46. The van der Waals surface area contributed by atoms with Crippen LogP contribution in [0.25, 0.3) is 5.76 Å². The molecule has 0 aromatic heterocycles. The summed E-state index contributed by atoms with van der Waals surface area (Å²) in [5.74, 6) is 0.0952. The number of aliphatic hydroxyl groups is 1. The van der Waals surface area contributed by atoms with Gasteiger partial charge in [0, 0.05) is 12.1 Å². The van der Waals surface area contributed by atoms with Crippen molar-refractivity contribution in [2.75, 3.05) is 48.5 Å². The van der Waals surface area contributed by atoms with Crippen LogP contribution in [0.1, 0.15) is 29.2 Å². The smallest absolute Gasteiger partial charge is 0.295 e. The fourth-order valence-corrected chi connectivity index (χ4v) is 4.22. The van der Waals surface area contributed by atoms with Crippen LogP contribution in [-0.2, 0) is 9.59 Å². The van der Waals surface area contributed by atoms with Crippen LogP contribution in [0.2, 0.25) is 0 Å². The van der Waals surface area contributed by atoms with Gasteiger partial charge in [-0.2, -0.15) is 0 Å². The highest BCUT2D eigenvalue weighted by Crippen LogP contribution is 2.42. The molecule has 1 aliphatic rings. The Balaban J connectivity index is 2.16. The number of likely N-dealkylation sites (tertiary alicyclic amines) is 1.